The quantitative estimate of drug-likeness (QED) is 0.172. The molecule has 13 heteroatoms. The van der Waals surface area contributed by atoms with Gasteiger partial charge < -0.3 is 20.5 Å². The second kappa shape index (κ2) is 13.9. The van der Waals surface area contributed by atoms with Crippen molar-refractivity contribution in [1.82, 2.24) is 14.6 Å². The number of methoxy groups -OCH3 is 1. The predicted molar refractivity (Wildman–Crippen MR) is 153 cm³/mol. The molecule has 43 heavy (non-hydrogen) atoms. The Kier molecular flexibility index (Phi) is 9.79. The van der Waals surface area contributed by atoms with Crippen molar-refractivity contribution in [3.05, 3.63) is 106 Å². The smallest absolute Gasteiger partial charge is 0.322 e. The van der Waals surface area contributed by atoms with E-state index in [2.05, 4.69) is 22.1 Å². The number of aromatic nitrogens is 2. The maximum absolute atomic E-state index is 15.0. The summed E-state index contributed by atoms with van der Waals surface area (Å²) in [5, 5.41) is 3.41. The predicted octanol–water partition coefficient (Wildman–Crippen LogP) is 3.53. The third-order valence-corrected chi connectivity index (χ3v) is 5.80. The van der Waals surface area contributed by atoms with Crippen LogP contribution in [0, 0.1) is 23.5 Å². The Morgan fingerprint density at radius 1 is 1.07 bits per heavy atom. The van der Waals surface area contributed by atoms with Gasteiger partial charge in [-0.2, -0.15) is 0 Å². The minimum absolute atomic E-state index is 0.0251. The molecule has 0 aliphatic rings. The summed E-state index contributed by atoms with van der Waals surface area (Å²) in [4.78, 5) is 47.1. The van der Waals surface area contributed by atoms with Crippen LogP contribution < -0.4 is 21.3 Å². The van der Waals surface area contributed by atoms with Crippen molar-refractivity contribution in [1.29, 1.82) is 0 Å². The number of amides is 2. The van der Waals surface area contributed by atoms with E-state index in [0.29, 0.717) is 5.69 Å². The number of nitrogen functional groups attached to an aromatic ring is 1. The van der Waals surface area contributed by atoms with Crippen LogP contribution in [0.3, 0.4) is 0 Å². The second-order valence-corrected chi connectivity index (χ2v) is 8.72. The van der Waals surface area contributed by atoms with Gasteiger partial charge in [-0.1, -0.05) is 0 Å². The summed E-state index contributed by atoms with van der Waals surface area (Å²) in [6, 6.07) is 13.0. The van der Waals surface area contributed by atoms with Gasteiger partial charge in [0.05, 0.1) is 13.2 Å². The molecule has 0 radical (unpaired) electrons. The van der Waals surface area contributed by atoms with Gasteiger partial charge in [0, 0.05) is 56.0 Å². The van der Waals surface area contributed by atoms with Gasteiger partial charge in [-0.3, -0.25) is 23.8 Å². The van der Waals surface area contributed by atoms with Crippen molar-refractivity contribution >= 4 is 23.3 Å². The molecule has 4 rings (SSSR count). The zero-order valence-corrected chi connectivity index (χ0v) is 23.0. The molecule has 2 amide bonds. The molecular weight excluding hydrogens is 564 g/mol. The lowest BCUT2D eigenvalue weighted by Gasteiger charge is -2.13. The van der Waals surface area contributed by atoms with Crippen molar-refractivity contribution in [2.45, 2.75) is 0 Å². The fraction of sp³-hybridized carbons (Fsp3) is 0.133. The van der Waals surface area contributed by atoms with Crippen LogP contribution in [-0.4, -0.2) is 53.8 Å². The van der Waals surface area contributed by atoms with Gasteiger partial charge in [0.25, 0.3) is 11.5 Å². The summed E-state index contributed by atoms with van der Waals surface area (Å²) in [5.74, 6) is 1.88. The van der Waals surface area contributed by atoms with Crippen LogP contribution in [0.25, 0.3) is 5.69 Å². The molecule has 220 valence electrons. The molecule has 2 aromatic heterocycles. The van der Waals surface area contributed by atoms with E-state index in [9.17, 15) is 18.8 Å². The lowest BCUT2D eigenvalue weighted by molar-refractivity contribution is -0.175. The topological polar surface area (TPSA) is 138 Å². The van der Waals surface area contributed by atoms with Crippen LogP contribution >= 0.6 is 0 Å². The maximum Gasteiger partial charge on any atom is 0.322 e. The summed E-state index contributed by atoms with van der Waals surface area (Å²) in [7, 11) is 2.87. The maximum atomic E-state index is 15.0. The second-order valence-electron chi connectivity index (χ2n) is 8.72. The molecule has 3 N–H and O–H groups in total. The number of anilines is 2. The van der Waals surface area contributed by atoms with Crippen LogP contribution in [0.15, 0.2) is 77.9 Å². The first-order chi connectivity index (χ1) is 20.7. The number of nitrogens with one attached hydrogen (secondary N) is 1. The number of hydrogen-bond acceptors (Lipinski definition) is 8. The summed E-state index contributed by atoms with van der Waals surface area (Å²) < 4.78 is 40.0. The largest absolute Gasteiger partial charge is 0.453 e. The minimum Gasteiger partial charge on any atom is -0.453 e. The lowest BCUT2D eigenvalue weighted by atomic mass is 10.2. The summed E-state index contributed by atoms with van der Waals surface area (Å²) in [6.07, 6.45) is 2.76. The summed E-state index contributed by atoms with van der Waals surface area (Å²) in [6.45, 7) is 0.412. The highest BCUT2D eigenvalue weighted by molar-refractivity contribution is 6.04. The van der Waals surface area contributed by atoms with E-state index < -0.39 is 29.0 Å². The van der Waals surface area contributed by atoms with Gasteiger partial charge in [0.1, 0.15) is 28.5 Å². The van der Waals surface area contributed by atoms with Gasteiger partial charge in [-0.15, -0.1) is 0 Å². The van der Waals surface area contributed by atoms with Gasteiger partial charge >= 0.3 is 5.91 Å². The molecule has 0 saturated carbocycles. The molecule has 0 aliphatic carbocycles. The number of hydrogen-bond donors (Lipinski definition) is 2. The first-order valence-electron chi connectivity index (χ1n) is 12.6. The van der Waals surface area contributed by atoms with Gasteiger partial charge in [-0.25, -0.2) is 18.8 Å². The van der Waals surface area contributed by atoms with Crippen molar-refractivity contribution < 1.29 is 32.7 Å². The zero-order valence-electron chi connectivity index (χ0n) is 23.0. The Hall–Kier alpha value is -5.58. The Morgan fingerprint density at radius 2 is 1.84 bits per heavy atom. The third-order valence-electron chi connectivity index (χ3n) is 5.80. The standard InChI is InChI=1S/C30H25F2N5O6/c1-36(42-17-16-41-2)27(38)12-10-22-25(13-14-34-28(22)33)43-26-11-7-20(18-24(26)32)35-29(39)23-4-3-15-37(30(23)40)21-8-5-19(31)6-9-21/h3-9,11,13-15,18H,16-17H2,1-2H3,(H2,33,34)(H,35,39). The molecular formula is C30H25F2N5O6. The molecule has 11 nitrogen and oxygen atoms in total. The number of nitrogens with zero attached hydrogens (tertiary/aromatic N) is 3. The van der Waals surface area contributed by atoms with E-state index in [-0.39, 0.29) is 47.3 Å². The fourth-order valence-corrected chi connectivity index (χ4v) is 3.63. The monoisotopic (exact) mass is 589 g/mol. The molecule has 4 aromatic rings. The fourth-order valence-electron chi connectivity index (χ4n) is 3.63. The molecule has 0 fully saturated rings. The molecule has 0 unspecified atom stereocenters. The molecule has 0 atom stereocenters. The highest BCUT2D eigenvalue weighted by Crippen LogP contribution is 2.30. The van der Waals surface area contributed by atoms with Crippen LogP contribution in [0.4, 0.5) is 20.3 Å². The number of rotatable bonds is 9. The van der Waals surface area contributed by atoms with E-state index in [4.69, 9.17) is 20.0 Å². The Morgan fingerprint density at radius 3 is 2.56 bits per heavy atom. The minimum atomic E-state index is -0.855. The molecule has 0 spiro atoms. The number of nitrogens with two attached hydrogens (primary N) is 1. The average molecular weight is 590 g/mol. The molecule has 0 aliphatic heterocycles. The molecule has 2 heterocycles. The Balaban J connectivity index is 1.50. The number of carbonyl (C=O) groups is 2. The third kappa shape index (κ3) is 7.59. The molecule has 2 aromatic carbocycles. The van der Waals surface area contributed by atoms with Crippen LogP contribution in [0.1, 0.15) is 15.9 Å². The van der Waals surface area contributed by atoms with Gasteiger partial charge in [0.15, 0.2) is 11.6 Å². The highest BCUT2D eigenvalue weighted by atomic mass is 19.1. The Bertz CT molecular complexity index is 1770. The van der Waals surface area contributed by atoms with E-state index >= 15 is 4.39 Å². The number of hydroxylamine groups is 2. The van der Waals surface area contributed by atoms with Crippen LogP contribution in [-0.2, 0) is 14.4 Å². The van der Waals surface area contributed by atoms with E-state index in [1.807, 2.05) is 0 Å². The van der Waals surface area contributed by atoms with E-state index in [1.165, 1.54) is 85.7 Å². The van der Waals surface area contributed by atoms with Crippen molar-refractivity contribution in [2.24, 2.45) is 0 Å². The van der Waals surface area contributed by atoms with Crippen molar-refractivity contribution in [2.75, 3.05) is 38.4 Å². The first-order valence-corrected chi connectivity index (χ1v) is 12.6. The number of pyridine rings is 2. The van der Waals surface area contributed by atoms with Crippen LogP contribution in [0.5, 0.6) is 11.5 Å². The van der Waals surface area contributed by atoms with Crippen molar-refractivity contribution in [3.8, 4) is 29.0 Å². The SMILES string of the molecule is COCCON(C)C(=O)C#Cc1c(Oc2ccc(NC(=O)c3cccn(-c4ccc(F)cc4)c3=O)cc2F)ccnc1N. The van der Waals surface area contributed by atoms with Crippen LogP contribution in [0.2, 0.25) is 0 Å². The van der Waals surface area contributed by atoms with Gasteiger partial charge in [0.2, 0.25) is 0 Å². The Labute approximate surface area is 244 Å². The summed E-state index contributed by atoms with van der Waals surface area (Å²) >= 11 is 0. The number of halogens is 2. The molecule has 0 saturated heterocycles. The van der Waals surface area contributed by atoms with E-state index in [1.54, 1.807) is 0 Å². The highest BCUT2D eigenvalue weighted by Gasteiger charge is 2.16. The van der Waals surface area contributed by atoms with E-state index in [0.717, 1.165) is 11.1 Å². The number of carbonyl (C=O) groups excluding carboxylic acids is 2. The molecule has 0 bridgehead atoms. The van der Waals surface area contributed by atoms with Gasteiger partial charge in [-0.05, 0) is 54.5 Å². The average Bonchev–Trinajstić information content (AvgIpc) is 2.98. The number of ether oxygens (including phenoxy) is 2. The summed E-state index contributed by atoms with van der Waals surface area (Å²) in [5.41, 5.74) is 5.50. The first kappa shape index (κ1) is 30.4. The van der Waals surface area contributed by atoms with Crippen molar-refractivity contribution in [3.63, 3.8) is 0 Å². The number of benzene rings is 2. The lowest BCUT2D eigenvalue weighted by Crippen LogP contribution is -2.27. The zero-order chi connectivity index (χ0) is 30.9. The normalized spacial score (nSPS) is 10.4.